The largest absolute Gasteiger partial charge is 0.486 e. The SMILES string of the molecule is CCN(CCCF)C1Cc2cccc3c2[C@]2(C)[C@H]1C=C[C@H](O)[C@@H]2O3. The second-order valence-electron chi connectivity index (χ2n) is 7.46. The summed E-state index contributed by atoms with van der Waals surface area (Å²) in [6.45, 7) is 5.80. The van der Waals surface area contributed by atoms with Gasteiger partial charge in [0, 0.05) is 29.5 Å². The molecule has 2 aliphatic carbocycles. The lowest BCUT2D eigenvalue weighted by atomic mass is 9.57. The van der Waals surface area contributed by atoms with Crippen molar-refractivity contribution >= 4 is 0 Å². The van der Waals surface area contributed by atoms with Crippen LogP contribution in [0.3, 0.4) is 0 Å². The van der Waals surface area contributed by atoms with E-state index in [0.29, 0.717) is 12.5 Å². The first kappa shape index (κ1) is 16.1. The van der Waals surface area contributed by atoms with Gasteiger partial charge in [0.15, 0.2) is 0 Å². The molecule has 3 nitrogen and oxygen atoms in total. The minimum atomic E-state index is -0.578. The lowest BCUT2D eigenvalue weighted by Crippen LogP contribution is -2.59. The highest BCUT2D eigenvalue weighted by atomic mass is 19.1. The average Bonchev–Trinajstić information content (AvgIpc) is 2.90. The van der Waals surface area contributed by atoms with Gasteiger partial charge in [-0.3, -0.25) is 9.29 Å². The summed E-state index contributed by atoms with van der Waals surface area (Å²) >= 11 is 0. The van der Waals surface area contributed by atoms with Crippen molar-refractivity contribution in [3.05, 3.63) is 41.5 Å². The van der Waals surface area contributed by atoms with Crippen LogP contribution in [0, 0.1) is 5.92 Å². The van der Waals surface area contributed by atoms with Gasteiger partial charge < -0.3 is 9.84 Å². The Balaban J connectivity index is 1.80. The summed E-state index contributed by atoms with van der Waals surface area (Å²) in [6, 6.07) is 6.58. The third kappa shape index (κ3) is 2.09. The predicted molar refractivity (Wildman–Crippen MR) is 92.2 cm³/mol. The maximum atomic E-state index is 12.7. The number of ether oxygens (including phenoxy) is 1. The number of alkyl halides is 1. The van der Waals surface area contributed by atoms with Crippen LogP contribution in [0.4, 0.5) is 4.39 Å². The topological polar surface area (TPSA) is 32.7 Å². The van der Waals surface area contributed by atoms with E-state index in [-0.39, 0.29) is 24.1 Å². The lowest BCUT2D eigenvalue weighted by molar-refractivity contribution is -0.0104. The van der Waals surface area contributed by atoms with Crippen LogP contribution in [0.5, 0.6) is 5.75 Å². The summed E-state index contributed by atoms with van der Waals surface area (Å²) in [5, 5.41) is 10.5. The molecule has 1 unspecified atom stereocenters. The number of nitrogens with zero attached hydrogens (tertiary/aromatic N) is 1. The summed E-state index contributed by atoms with van der Waals surface area (Å²) in [4.78, 5) is 2.41. The average molecular weight is 331 g/mol. The Bertz CT molecular complexity index is 661. The van der Waals surface area contributed by atoms with Crippen LogP contribution >= 0.6 is 0 Å². The Kier molecular flexibility index (Phi) is 3.92. The molecule has 3 aliphatic rings. The van der Waals surface area contributed by atoms with E-state index < -0.39 is 6.10 Å². The Labute approximate surface area is 143 Å². The van der Waals surface area contributed by atoms with Crippen molar-refractivity contribution in [2.75, 3.05) is 19.8 Å². The molecule has 130 valence electrons. The molecule has 24 heavy (non-hydrogen) atoms. The van der Waals surface area contributed by atoms with Crippen molar-refractivity contribution in [2.24, 2.45) is 5.92 Å². The van der Waals surface area contributed by atoms with Gasteiger partial charge in [0.1, 0.15) is 18.0 Å². The highest BCUT2D eigenvalue weighted by molar-refractivity contribution is 5.55. The fourth-order valence-electron chi connectivity index (χ4n) is 5.23. The summed E-state index contributed by atoms with van der Waals surface area (Å²) in [5.41, 5.74) is 2.38. The molecule has 1 N–H and O–H groups in total. The van der Waals surface area contributed by atoms with Crippen molar-refractivity contribution in [1.82, 2.24) is 4.90 Å². The maximum Gasteiger partial charge on any atom is 0.138 e. The van der Waals surface area contributed by atoms with Gasteiger partial charge in [-0.1, -0.05) is 38.1 Å². The second kappa shape index (κ2) is 5.85. The quantitative estimate of drug-likeness (QED) is 0.842. The molecule has 0 aromatic heterocycles. The third-order valence-electron chi connectivity index (χ3n) is 6.31. The predicted octanol–water partition coefficient (Wildman–Crippen LogP) is 2.86. The van der Waals surface area contributed by atoms with Gasteiger partial charge in [0.2, 0.25) is 0 Å². The summed E-state index contributed by atoms with van der Waals surface area (Å²) in [7, 11) is 0. The third-order valence-corrected chi connectivity index (χ3v) is 6.31. The van der Waals surface area contributed by atoms with E-state index in [1.165, 1.54) is 11.1 Å². The van der Waals surface area contributed by atoms with Gasteiger partial charge in [0.05, 0.1) is 6.67 Å². The monoisotopic (exact) mass is 331 g/mol. The Morgan fingerprint density at radius 3 is 2.96 bits per heavy atom. The first-order valence-corrected chi connectivity index (χ1v) is 9.06. The standard InChI is InChI=1S/C20H26FNO2/c1-3-22(11-5-10-21)15-12-13-6-4-7-17-18(13)20(2)14(15)8-9-16(23)19(20)24-17/h4,6-9,14-16,19,23H,3,5,10-12H2,1-2H3/t14-,15?,16-,19-,20-/m0/s1. The van der Waals surface area contributed by atoms with Gasteiger partial charge >= 0.3 is 0 Å². The number of hydrogen-bond donors (Lipinski definition) is 1. The number of halogens is 1. The van der Waals surface area contributed by atoms with Gasteiger partial charge in [-0.2, -0.15) is 0 Å². The second-order valence-corrected chi connectivity index (χ2v) is 7.46. The molecule has 1 aliphatic heterocycles. The van der Waals surface area contributed by atoms with Crippen molar-refractivity contribution < 1.29 is 14.2 Å². The molecule has 0 bridgehead atoms. The highest BCUT2D eigenvalue weighted by Gasteiger charge is 2.59. The van der Waals surface area contributed by atoms with E-state index in [2.05, 4.69) is 30.9 Å². The van der Waals surface area contributed by atoms with Crippen molar-refractivity contribution in [3.8, 4) is 5.75 Å². The van der Waals surface area contributed by atoms with Gasteiger partial charge in [0.25, 0.3) is 0 Å². The number of aliphatic hydroxyl groups is 1. The van der Waals surface area contributed by atoms with Gasteiger partial charge in [-0.25, -0.2) is 0 Å². The molecule has 0 fully saturated rings. The van der Waals surface area contributed by atoms with Crippen LogP contribution in [-0.2, 0) is 11.8 Å². The van der Waals surface area contributed by atoms with Crippen molar-refractivity contribution in [1.29, 1.82) is 0 Å². The van der Waals surface area contributed by atoms with Crippen LogP contribution in [0.25, 0.3) is 0 Å². The highest BCUT2D eigenvalue weighted by Crippen LogP contribution is 2.56. The minimum Gasteiger partial charge on any atom is -0.486 e. The fourth-order valence-corrected chi connectivity index (χ4v) is 5.23. The first-order valence-electron chi connectivity index (χ1n) is 9.06. The van der Waals surface area contributed by atoms with Gasteiger partial charge in [-0.15, -0.1) is 0 Å². The van der Waals surface area contributed by atoms with E-state index >= 15 is 0 Å². The van der Waals surface area contributed by atoms with Crippen LogP contribution in [-0.4, -0.2) is 48.0 Å². The molecular formula is C20H26FNO2. The van der Waals surface area contributed by atoms with Crippen LogP contribution in [0.1, 0.15) is 31.4 Å². The summed E-state index contributed by atoms with van der Waals surface area (Å²) in [6.07, 6.45) is 4.80. The molecule has 0 saturated heterocycles. The van der Waals surface area contributed by atoms with Crippen molar-refractivity contribution in [3.63, 3.8) is 0 Å². The van der Waals surface area contributed by atoms with Crippen molar-refractivity contribution in [2.45, 2.75) is 50.4 Å². The van der Waals surface area contributed by atoms with Crippen LogP contribution < -0.4 is 4.74 Å². The van der Waals surface area contributed by atoms with E-state index in [4.69, 9.17) is 4.74 Å². The number of aliphatic hydroxyl groups excluding tert-OH is 1. The fraction of sp³-hybridized carbons (Fsp3) is 0.600. The van der Waals surface area contributed by atoms with Crippen LogP contribution in [0.15, 0.2) is 30.4 Å². The molecule has 0 saturated carbocycles. The smallest absolute Gasteiger partial charge is 0.138 e. The minimum absolute atomic E-state index is 0.216. The molecule has 0 radical (unpaired) electrons. The number of rotatable bonds is 5. The van der Waals surface area contributed by atoms with E-state index in [1.54, 1.807) is 0 Å². The lowest BCUT2D eigenvalue weighted by Gasteiger charge is -2.51. The first-order chi connectivity index (χ1) is 11.6. The van der Waals surface area contributed by atoms with E-state index in [1.807, 2.05) is 18.2 Å². The molecule has 1 aromatic carbocycles. The zero-order chi connectivity index (χ0) is 16.9. The Hall–Kier alpha value is -1.39. The number of hydrogen-bond acceptors (Lipinski definition) is 3. The number of benzene rings is 1. The molecule has 4 rings (SSSR count). The molecule has 1 heterocycles. The molecule has 4 heteroatoms. The van der Waals surface area contributed by atoms with E-state index in [0.717, 1.165) is 25.3 Å². The molecule has 0 amide bonds. The summed E-state index contributed by atoms with van der Waals surface area (Å²) < 4.78 is 18.9. The Morgan fingerprint density at radius 2 is 2.21 bits per heavy atom. The molecular weight excluding hydrogens is 305 g/mol. The van der Waals surface area contributed by atoms with Gasteiger partial charge in [-0.05, 0) is 31.0 Å². The van der Waals surface area contributed by atoms with E-state index in [9.17, 15) is 9.50 Å². The number of likely N-dealkylation sites (N-methyl/N-ethyl adjacent to an activating group) is 1. The zero-order valence-electron chi connectivity index (χ0n) is 14.4. The molecule has 0 spiro atoms. The normalized spacial score (nSPS) is 35.9. The molecule has 1 aromatic rings. The zero-order valence-corrected chi connectivity index (χ0v) is 14.4. The molecule has 5 atom stereocenters. The maximum absolute atomic E-state index is 12.7. The van der Waals surface area contributed by atoms with Crippen LogP contribution in [0.2, 0.25) is 0 Å². The summed E-state index contributed by atoms with van der Waals surface area (Å²) in [5.74, 6) is 1.21. The Morgan fingerprint density at radius 1 is 1.38 bits per heavy atom.